The molecule has 0 saturated carbocycles. The molecule has 7 nitrogen and oxygen atoms in total. The van der Waals surface area contributed by atoms with Crippen LogP contribution in [0.2, 0.25) is 0 Å². The summed E-state index contributed by atoms with van der Waals surface area (Å²) in [4.78, 5) is 34.7. The molecule has 1 aliphatic rings. The van der Waals surface area contributed by atoms with E-state index in [2.05, 4.69) is 0 Å². The first-order valence-electron chi connectivity index (χ1n) is 8.20. The molecule has 7 heteroatoms. The van der Waals surface area contributed by atoms with Crippen molar-refractivity contribution in [1.82, 2.24) is 0 Å². The molecular formula is C20H17NO6. The zero-order chi connectivity index (χ0) is 19.8. The van der Waals surface area contributed by atoms with Gasteiger partial charge in [0.05, 0.1) is 15.9 Å². The highest BCUT2D eigenvalue weighted by atomic mass is 16.6. The van der Waals surface area contributed by atoms with E-state index >= 15 is 0 Å². The molecule has 0 radical (unpaired) electrons. The van der Waals surface area contributed by atoms with E-state index in [1.807, 2.05) is 0 Å². The number of fused-ring (bicyclic) bond motifs is 1. The average molecular weight is 367 g/mol. The number of benzene rings is 2. The number of hydrogen-bond donors (Lipinski definition) is 0. The Morgan fingerprint density at radius 2 is 1.81 bits per heavy atom. The Morgan fingerprint density at radius 3 is 2.41 bits per heavy atom. The molecule has 0 aliphatic carbocycles. The number of rotatable bonds is 3. The smallest absolute Gasteiger partial charge is 0.316 e. The molecule has 27 heavy (non-hydrogen) atoms. The molecular weight excluding hydrogens is 350 g/mol. The summed E-state index contributed by atoms with van der Waals surface area (Å²) in [5.74, 6) is -0.0194. The minimum Gasteiger partial charge on any atom is -0.452 e. The molecule has 2 aromatic carbocycles. The second-order valence-corrected chi connectivity index (χ2v) is 7.09. The Hall–Kier alpha value is -3.48. The van der Waals surface area contributed by atoms with E-state index in [0.717, 1.165) is 0 Å². The zero-order valence-corrected chi connectivity index (χ0v) is 15.0. The maximum atomic E-state index is 12.5. The van der Waals surface area contributed by atoms with Crippen LogP contribution in [0.4, 0.5) is 5.69 Å². The van der Waals surface area contributed by atoms with Gasteiger partial charge in [-0.1, -0.05) is 0 Å². The Labute approximate surface area is 155 Å². The number of carbonyl (C=O) groups excluding carboxylic acids is 2. The van der Waals surface area contributed by atoms with E-state index in [0.29, 0.717) is 16.9 Å². The second-order valence-electron chi connectivity index (χ2n) is 7.09. The summed E-state index contributed by atoms with van der Waals surface area (Å²) < 4.78 is 10.9. The van der Waals surface area contributed by atoms with Crippen molar-refractivity contribution in [3.8, 4) is 11.5 Å². The third kappa shape index (κ3) is 3.87. The number of esters is 1. The standard InChI is InChI=1S/C20H17NO6/c1-20(2,3)19(23)26-14-8-9-15-16(11-14)27-17(18(15)22)10-12-4-6-13(7-5-12)21(24)25/h4-11H,1-3H3. The number of nitro groups is 1. The molecule has 0 bridgehead atoms. The molecule has 0 fully saturated rings. The van der Waals surface area contributed by atoms with Gasteiger partial charge in [-0.2, -0.15) is 0 Å². The van der Waals surface area contributed by atoms with Gasteiger partial charge in [0.1, 0.15) is 11.5 Å². The number of carbonyl (C=O) groups is 2. The van der Waals surface area contributed by atoms with Gasteiger partial charge in [0.25, 0.3) is 5.69 Å². The summed E-state index contributed by atoms with van der Waals surface area (Å²) in [6.45, 7) is 5.23. The highest BCUT2D eigenvalue weighted by molar-refractivity contribution is 6.14. The number of hydrogen-bond acceptors (Lipinski definition) is 6. The summed E-state index contributed by atoms with van der Waals surface area (Å²) >= 11 is 0. The van der Waals surface area contributed by atoms with Crippen molar-refractivity contribution in [2.24, 2.45) is 5.41 Å². The summed E-state index contributed by atoms with van der Waals surface area (Å²) in [5.41, 5.74) is 0.260. The quantitative estimate of drug-likeness (QED) is 0.266. The lowest BCUT2D eigenvalue weighted by molar-refractivity contribution is -0.384. The minimum atomic E-state index is -0.656. The van der Waals surface area contributed by atoms with Crippen molar-refractivity contribution in [2.75, 3.05) is 0 Å². The van der Waals surface area contributed by atoms with E-state index in [1.165, 1.54) is 36.4 Å². The van der Waals surface area contributed by atoms with E-state index in [-0.39, 0.29) is 23.0 Å². The van der Waals surface area contributed by atoms with Gasteiger partial charge in [0.2, 0.25) is 5.78 Å². The number of nitrogens with zero attached hydrogens (tertiary/aromatic N) is 1. The maximum Gasteiger partial charge on any atom is 0.316 e. The monoisotopic (exact) mass is 367 g/mol. The summed E-state index contributed by atoms with van der Waals surface area (Å²) in [7, 11) is 0. The van der Waals surface area contributed by atoms with Crippen LogP contribution in [0.5, 0.6) is 11.5 Å². The Balaban J connectivity index is 1.82. The number of ketones is 1. The lowest BCUT2D eigenvalue weighted by Gasteiger charge is -2.16. The summed E-state index contributed by atoms with van der Waals surface area (Å²) in [5, 5.41) is 10.7. The van der Waals surface area contributed by atoms with E-state index < -0.39 is 16.3 Å². The first-order valence-corrected chi connectivity index (χ1v) is 8.20. The van der Waals surface area contributed by atoms with Crippen molar-refractivity contribution in [1.29, 1.82) is 0 Å². The SMILES string of the molecule is CC(C)(C)C(=O)Oc1ccc2c(c1)OC(=Cc1ccc([N+](=O)[O-])cc1)C2=O. The third-order valence-corrected chi connectivity index (χ3v) is 3.87. The number of Topliss-reactive ketones (excluding diaryl/α,β-unsaturated/α-hetero) is 1. The highest BCUT2D eigenvalue weighted by Crippen LogP contribution is 2.35. The van der Waals surface area contributed by atoms with E-state index in [4.69, 9.17) is 9.47 Å². The fourth-order valence-corrected chi connectivity index (χ4v) is 2.33. The minimum absolute atomic E-state index is 0.0376. The molecule has 0 N–H and O–H groups in total. The molecule has 1 heterocycles. The van der Waals surface area contributed by atoms with Crippen LogP contribution in [-0.2, 0) is 4.79 Å². The largest absolute Gasteiger partial charge is 0.452 e. The number of nitro benzene ring substituents is 1. The van der Waals surface area contributed by atoms with Gasteiger partial charge in [-0.15, -0.1) is 0 Å². The van der Waals surface area contributed by atoms with Gasteiger partial charge < -0.3 is 9.47 Å². The molecule has 0 aromatic heterocycles. The molecule has 2 aromatic rings. The van der Waals surface area contributed by atoms with E-state index in [1.54, 1.807) is 32.9 Å². The van der Waals surface area contributed by atoms with Crippen LogP contribution in [-0.4, -0.2) is 16.7 Å². The van der Waals surface area contributed by atoms with Crippen molar-refractivity contribution in [3.63, 3.8) is 0 Å². The number of allylic oxidation sites excluding steroid dienone is 1. The van der Waals surface area contributed by atoms with Crippen LogP contribution in [0.15, 0.2) is 48.2 Å². The van der Waals surface area contributed by atoms with Crippen molar-refractivity contribution in [2.45, 2.75) is 20.8 Å². The van der Waals surface area contributed by atoms with Crippen LogP contribution < -0.4 is 9.47 Å². The average Bonchev–Trinajstić information content (AvgIpc) is 2.90. The first kappa shape index (κ1) is 18.3. The Morgan fingerprint density at radius 1 is 1.15 bits per heavy atom. The van der Waals surface area contributed by atoms with Gasteiger partial charge in [-0.05, 0) is 56.7 Å². The fraction of sp³-hybridized carbons (Fsp3) is 0.200. The van der Waals surface area contributed by atoms with Gasteiger partial charge in [0, 0.05) is 18.2 Å². The lowest BCUT2D eigenvalue weighted by Crippen LogP contribution is -2.25. The molecule has 3 rings (SSSR count). The molecule has 0 saturated heterocycles. The first-order chi connectivity index (χ1) is 12.6. The highest BCUT2D eigenvalue weighted by Gasteiger charge is 2.29. The van der Waals surface area contributed by atoms with Gasteiger partial charge >= 0.3 is 5.97 Å². The number of ether oxygens (including phenoxy) is 2. The Kier molecular flexibility index (Phi) is 4.53. The van der Waals surface area contributed by atoms with E-state index in [9.17, 15) is 19.7 Å². The molecule has 0 atom stereocenters. The van der Waals surface area contributed by atoms with Crippen LogP contribution in [0, 0.1) is 15.5 Å². The molecule has 0 amide bonds. The lowest BCUT2D eigenvalue weighted by atomic mass is 9.97. The summed E-state index contributed by atoms with van der Waals surface area (Å²) in [6.07, 6.45) is 1.51. The van der Waals surface area contributed by atoms with Crippen LogP contribution in [0.3, 0.4) is 0 Å². The van der Waals surface area contributed by atoms with Gasteiger partial charge in [0.15, 0.2) is 5.76 Å². The van der Waals surface area contributed by atoms with Crippen LogP contribution in [0.25, 0.3) is 6.08 Å². The Bertz CT molecular complexity index is 967. The predicted octanol–water partition coefficient (Wildman–Crippen LogP) is 4.16. The predicted molar refractivity (Wildman–Crippen MR) is 97.6 cm³/mol. The number of non-ortho nitro benzene ring substituents is 1. The van der Waals surface area contributed by atoms with Crippen molar-refractivity contribution in [3.05, 3.63) is 69.5 Å². The van der Waals surface area contributed by atoms with Crippen molar-refractivity contribution >= 4 is 23.5 Å². The van der Waals surface area contributed by atoms with Gasteiger partial charge in [-0.3, -0.25) is 19.7 Å². The summed E-state index contributed by atoms with van der Waals surface area (Å²) in [6, 6.07) is 10.3. The molecule has 1 aliphatic heterocycles. The maximum absolute atomic E-state index is 12.5. The fourth-order valence-electron chi connectivity index (χ4n) is 2.33. The normalized spacial score (nSPS) is 14.6. The third-order valence-electron chi connectivity index (χ3n) is 3.87. The topological polar surface area (TPSA) is 95.7 Å². The van der Waals surface area contributed by atoms with Gasteiger partial charge in [-0.25, -0.2) is 0 Å². The molecule has 138 valence electrons. The van der Waals surface area contributed by atoms with Crippen LogP contribution >= 0.6 is 0 Å². The molecule has 0 unspecified atom stereocenters. The second kappa shape index (κ2) is 6.68. The molecule has 0 spiro atoms. The van der Waals surface area contributed by atoms with Crippen molar-refractivity contribution < 1.29 is 24.0 Å². The van der Waals surface area contributed by atoms with Crippen LogP contribution in [0.1, 0.15) is 36.7 Å². The zero-order valence-electron chi connectivity index (χ0n) is 15.0.